The van der Waals surface area contributed by atoms with E-state index in [9.17, 15) is 4.21 Å². The normalized spacial score (nSPS) is 12.5. The van der Waals surface area contributed by atoms with Crippen molar-refractivity contribution in [2.75, 3.05) is 19.1 Å². The van der Waals surface area contributed by atoms with Crippen LogP contribution in [0.25, 0.3) is 0 Å². The second kappa shape index (κ2) is 4.28. The Morgan fingerprint density at radius 1 is 1.54 bits per heavy atom. The van der Waals surface area contributed by atoms with Crippen LogP contribution in [0, 0.1) is 0 Å². The summed E-state index contributed by atoms with van der Waals surface area (Å²) in [5, 5.41) is 0. The van der Waals surface area contributed by atoms with Gasteiger partial charge in [0.1, 0.15) is 5.75 Å². The van der Waals surface area contributed by atoms with Crippen molar-refractivity contribution >= 4 is 16.5 Å². The van der Waals surface area contributed by atoms with Gasteiger partial charge in [-0.1, -0.05) is 6.07 Å². The van der Waals surface area contributed by atoms with Gasteiger partial charge >= 0.3 is 0 Å². The maximum absolute atomic E-state index is 11.0. The minimum atomic E-state index is -0.856. The Labute approximate surface area is 80.4 Å². The molecule has 3 nitrogen and oxygen atoms in total. The number of hydrogen-bond donors (Lipinski definition) is 1. The molecule has 0 aromatic heterocycles. The maximum Gasteiger partial charge on any atom is 0.125 e. The molecule has 0 saturated heterocycles. The first-order chi connectivity index (χ1) is 6.13. The highest BCUT2D eigenvalue weighted by molar-refractivity contribution is 7.83. The van der Waals surface area contributed by atoms with Gasteiger partial charge in [-0.2, -0.15) is 0 Å². The summed E-state index contributed by atoms with van der Waals surface area (Å²) < 4.78 is 16.1. The molecule has 0 radical (unpaired) electrons. The van der Waals surface area contributed by atoms with E-state index < -0.39 is 10.8 Å². The van der Waals surface area contributed by atoms with Gasteiger partial charge in [0.15, 0.2) is 0 Å². The lowest BCUT2D eigenvalue weighted by Crippen LogP contribution is -1.97. The van der Waals surface area contributed by atoms with Crippen molar-refractivity contribution in [2.45, 2.75) is 5.75 Å². The molecule has 1 unspecified atom stereocenters. The Balaban J connectivity index is 2.99. The van der Waals surface area contributed by atoms with Gasteiger partial charge in [0.05, 0.1) is 12.9 Å². The average Bonchev–Trinajstić information content (AvgIpc) is 2.07. The van der Waals surface area contributed by atoms with E-state index >= 15 is 0 Å². The van der Waals surface area contributed by atoms with Crippen molar-refractivity contribution in [3.05, 3.63) is 23.8 Å². The van der Waals surface area contributed by atoms with Gasteiger partial charge in [-0.15, -0.1) is 0 Å². The third-order valence-corrected chi connectivity index (χ3v) is 2.39. The standard InChI is InChI=1S/C9H13NO2S/c1-12-9-5-8(10)4-3-7(9)6-13(2)11/h3-5H,6,10H2,1-2H3. The molecule has 1 rings (SSSR count). The summed E-state index contributed by atoms with van der Waals surface area (Å²) in [5.74, 6) is 1.21. The number of nitrogens with two attached hydrogens (primary N) is 1. The molecule has 0 aliphatic rings. The molecule has 0 bridgehead atoms. The van der Waals surface area contributed by atoms with Crippen LogP contribution in [0.2, 0.25) is 0 Å². The van der Waals surface area contributed by atoms with Crippen molar-refractivity contribution < 1.29 is 8.95 Å². The topological polar surface area (TPSA) is 52.3 Å². The molecule has 72 valence electrons. The molecule has 0 heterocycles. The Morgan fingerprint density at radius 3 is 2.77 bits per heavy atom. The molecule has 0 saturated carbocycles. The van der Waals surface area contributed by atoms with Gasteiger partial charge in [0.2, 0.25) is 0 Å². The molecule has 0 amide bonds. The van der Waals surface area contributed by atoms with Crippen LogP contribution >= 0.6 is 0 Å². The van der Waals surface area contributed by atoms with E-state index in [-0.39, 0.29) is 0 Å². The first kappa shape index (κ1) is 10.1. The molecular weight excluding hydrogens is 186 g/mol. The van der Waals surface area contributed by atoms with Crippen LogP contribution in [0.5, 0.6) is 5.75 Å². The van der Waals surface area contributed by atoms with E-state index in [0.717, 1.165) is 5.56 Å². The summed E-state index contributed by atoms with van der Waals surface area (Å²) in [6.45, 7) is 0. The van der Waals surface area contributed by atoms with Crippen LogP contribution < -0.4 is 10.5 Å². The molecule has 1 aromatic rings. The minimum absolute atomic E-state index is 0.503. The van der Waals surface area contributed by atoms with E-state index in [1.54, 1.807) is 25.5 Å². The van der Waals surface area contributed by atoms with Crippen molar-refractivity contribution in [1.29, 1.82) is 0 Å². The third kappa shape index (κ3) is 2.73. The number of benzene rings is 1. The van der Waals surface area contributed by atoms with Crippen LogP contribution in [-0.4, -0.2) is 17.6 Å². The summed E-state index contributed by atoms with van der Waals surface area (Å²) in [6.07, 6.45) is 1.66. The molecule has 2 N–H and O–H groups in total. The lowest BCUT2D eigenvalue weighted by Gasteiger charge is -2.07. The van der Waals surface area contributed by atoms with Crippen molar-refractivity contribution in [3.63, 3.8) is 0 Å². The quantitative estimate of drug-likeness (QED) is 0.743. The van der Waals surface area contributed by atoms with Gasteiger partial charge in [-0.3, -0.25) is 4.21 Å². The van der Waals surface area contributed by atoms with Gasteiger partial charge in [-0.05, 0) is 6.07 Å². The molecule has 1 atom stereocenters. The highest BCUT2D eigenvalue weighted by Crippen LogP contribution is 2.22. The Morgan fingerprint density at radius 2 is 2.23 bits per heavy atom. The van der Waals surface area contributed by atoms with Crippen LogP contribution in [0.3, 0.4) is 0 Å². The number of rotatable bonds is 3. The lowest BCUT2D eigenvalue weighted by molar-refractivity contribution is 0.411. The number of hydrogen-bond acceptors (Lipinski definition) is 3. The maximum atomic E-state index is 11.0. The zero-order valence-electron chi connectivity index (χ0n) is 7.74. The Hall–Kier alpha value is -1.03. The second-order valence-electron chi connectivity index (χ2n) is 2.79. The van der Waals surface area contributed by atoms with Gasteiger partial charge in [0.25, 0.3) is 0 Å². The van der Waals surface area contributed by atoms with E-state index in [4.69, 9.17) is 10.5 Å². The highest BCUT2D eigenvalue weighted by atomic mass is 32.2. The smallest absolute Gasteiger partial charge is 0.125 e. The van der Waals surface area contributed by atoms with Crippen LogP contribution in [-0.2, 0) is 16.6 Å². The fourth-order valence-corrected chi connectivity index (χ4v) is 1.78. The minimum Gasteiger partial charge on any atom is -0.496 e. The number of anilines is 1. The van der Waals surface area contributed by atoms with Crippen molar-refractivity contribution in [2.24, 2.45) is 0 Å². The summed E-state index contributed by atoms with van der Waals surface area (Å²) in [6, 6.07) is 5.36. The van der Waals surface area contributed by atoms with Crippen LogP contribution in [0.15, 0.2) is 18.2 Å². The molecule has 0 fully saturated rings. The average molecular weight is 199 g/mol. The van der Waals surface area contributed by atoms with Crippen molar-refractivity contribution in [3.8, 4) is 5.75 Å². The monoisotopic (exact) mass is 199 g/mol. The zero-order valence-corrected chi connectivity index (χ0v) is 8.56. The first-order valence-electron chi connectivity index (χ1n) is 3.86. The van der Waals surface area contributed by atoms with Gasteiger partial charge in [0, 0.05) is 34.4 Å². The SMILES string of the molecule is COc1cc(N)ccc1CS(C)=O. The summed E-state index contributed by atoms with van der Waals surface area (Å²) >= 11 is 0. The van der Waals surface area contributed by atoms with Crippen molar-refractivity contribution in [1.82, 2.24) is 0 Å². The van der Waals surface area contributed by atoms with Crippen LogP contribution in [0.1, 0.15) is 5.56 Å². The summed E-state index contributed by atoms with van der Waals surface area (Å²) in [4.78, 5) is 0. The number of ether oxygens (including phenoxy) is 1. The molecule has 13 heavy (non-hydrogen) atoms. The summed E-state index contributed by atoms with van der Waals surface area (Å²) in [5.41, 5.74) is 7.16. The third-order valence-electron chi connectivity index (χ3n) is 1.67. The summed E-state index contributed by atoms with van der Waals surface area (Å²) in [7, 11) is 0.724. The first-order valence-corrected chi connectivity index (χ1v) is 5.58. The number of methoxy groups -OCH3 is 1. The Kier molecular flexibility index (Phi) is 3.31. The van der Waals surface area contributed by atoms with Gasteiger partial charge in [-0.25, -0.2) is 0 Å². The van der Waals surface area contributed by atoms with E-state index in [2.05, 4.69) is 0 Å². The molecule has 1 aromatic carbocycles. The van der Waals surface area contributed by atoms with E-state index in [1.165, 1.54) is 0 Å². The predicted molar refractivity (Wildman–Crippen MR) is 55.2 cm³/mol. The molecular formula is C9H13NO2S. The number of nitrogen functional groups attached to an aromatic ring is 1. The molecule has 0 aliphatic carbocycles. The zero-order chi connectivity index (χ0) is 9.84. The Bertz CT molecular complexity index is 325. The largest absolute Gasteiger partial charge is 0.496 e. The molecule has 4 heteroatoms. The molecule has 0 aliphatic heterocycles. The second-order valence-corrected chi connectivity index (χ2v) is 4.22. The fraction of sp³-hybridized carbons (Fsp3) is 0.333. The lowest BCUT2D eigenvalue weighted by atomic mass is 10.2. The van der Waals surface area contributed by atoms with E-state index in [0.29, 0.717) is 17.2 Å². The van der Waals surface area contributed by atoms with Crippen LogP contribution in [0.4, 0.5) is 5.69 Å². The highest BCUT2D eigenvalue weighted by Gasteiger charge is 2.04. The molecule has 0 spiro atoms. The fourth-order valence-electron chi connectivity index (χ4n) is 1.10. The van der Waals surface area contributed by atoms with Gasteiger partial charge < -0.3 is 10.5 Å². The predicted octanol–water partition coefficient (Wildman–Crippen LogP) is 1.16. The van der Waals surface area contributed by atoms with E-state index in [1.807, 2.05) is 6.07 Å².